The molecule has 192 valence electrons. The smallest absolute Gasteiger partial charge is 0.458 e. The fourth-order valence-corrected chi connectivity index (χ4v) is 3.80. The molecule has 0 aromatic heterocycles. The highest BCUT2D eigenvalue weighted by molar-refractivity contribution is 6.31. The lowest BCUT2D eigenvalue weighted by Crippen LogP contribution is -2.34. The van der Waals surface area contributed by atoms with Gasteiger partial charge in [-0.3, -0.25) is 4.79 Å². The first-order valence-electron chi connectivity index (χ1n) is 10.9. The van der Waals surface area contributed by atoms with Gasteiger partial charge in [0.2, 0.25) is 0 Å². The van der Waals surface area contributed by atoms with E-state index in [0.717, 1.165) is 29.8 Å². The zero-order chi connectivity index (χ0) is 26.5. The second kappa shape index (κ2) is 11.2. The molecule has 3 aromatic rings. The Bertz CT molecular complexity index is 1200. The SMILES string of the molecule is CNc1ccc(Cl)cc1C(=O)N(CCc1cccc(OC)c1)Cc1ccc(C(F)(F)C(F)(F)F)cc1. The molecule has 10 heteroatoms. The van der Waals surface area contributed by atoms with Crippen LogP contribution in [0.4, 0.5) is 27.6 Å². The fourth-order valence-electron chi connectivity index (χ4n) is 3.63. The van der Waals surface area contributed by atoms with Crippen molar-refractivity contribution < 1.29 is 31.5 Å². The lowest BCUT2D eigenvalue weighted by Gasteiger charge is -2.25. The van der Waals surface area contributed by atoms with E-state index in [2.05, 4.69) is 5.32 Å². The molecule has 0 unspecified atom stereocenters. The number of benzene rings is 3. The van der Waals surface area contributed by atoms with Crippen LogP contribution in [0.5, 0.6) is 5.75 Å². The summed E-state index contributed by atoms with van der Waals surface area (Å²) in [5.41, 5.74) is 0.961. The third kappa shape index (κ3) is 6.26. The first-order valence-corrected chi connectivity index (χ1v) is 11.3. The number of hydrogen-bond donors (Lipinski definition) is 1. The number of amides is 1. The predicted octanol–water partition coefficient (Wildman–Crippen LogP) is 6.93. The number of carbonyl (C=O) groups is 1. The monoisotopic (exact) mass is 526 g/mol. The van der Waals surface area contributed by atoms with Crippen LogP contribution in [0, 0.1) is 0 Å². The van der Waals surface area contributed by atoms with E-state index >= 15 is 0 Å². The number of halogens is 6. The van der Waals surface area contributed by atoms with Gasteiger partial charge in [-0.25, -0.2) is 0 Å². The second-order valence-corrected chi connectivity index (χ2v) is 8.47. The van der Waals surface area contributed by atoms with Crippen LogP contribution in [0.2, 0.25) is 5.02 Å². The van der Waals surface area contributed by atoms with Gasteiger partial charge in [0.25, 0.3) is 5.91 Å². The number of hydrogen-bond acceptors (Lipinski definition) is 3. The molecule has 3 aromatic carbocycles. The van der Waals surface area contributed by atoms with Crippen molar-refractivity contribution in [1.29, 1.82) is 0 Å². The molecule has 0 bridgehead atoms. The van der Waals surface area contributed by atoms with Crippen LogP contribution in [-0.4, -0.2) is 37.7 Å². The predicted molar refractivity (Wildman–Crippen MR) is 129 cm³/mol. The van der Waals surface area contributed by atoms with E-state index in [-0.39, 0.29) is 19.0 Å². The summed E-state index contributed by atoms with van der Waals surface area (Å²) in [5, 5.41) is 3.29. The molecule has 0 saturated heterocycles. The Labute approximate surface area is 210 Å². The third-order valence-corrected chi connectivity index (χ3v) is 5.85. The Balaban J connectivity index is 1.90. The average molecular weight is 527 g/mol. The molecule has 0 spiro atoms. The normalized spacial score (nSPS) is 11.8. The summed E-state index contributed by atoms with van der Waals surface area (Å²) < 4.78 is 70.7. The summed E-state index contributed by atoms with van der Waals surface area (Å²) in [6.45, 7) is 0.221. The van der Waals surface area contributed by atoms with Crippen LogP contribution in [0.1, 0.15) is 27.0 Å². The fraction of sp³-hybridized carbons (Fsp3) is 0.269. The van der Waals surface area contributed by atoms with E-state index < -0.39 is 17.7 Å². The van der Waals surface area contributed by atoms with Gasteiger partial charge >= 0.3 is 12.1 Å². The number of anilines is 1. The molecule has 0 saturated carbocycles. The van der Waals surface area contributed by atoms with Crippen molar-refractivity contribution in [2.75, 3.05) is 26.0 Å². The summed E-state index contributed by atoms with van der Waals surface area (Å²) in [5.74, 6) is -4.70. The van der Waals surface area contributed by atoms with Gasteiger partial charge < -0.3 is 15.0 Å². The zero-order valence-corrected chi connectivity index (χ0v) is 20.3. The third-order valence-electron chi connectivity index (χ3n) is 5.62. The molecule has 1 amide bonds. The van der Waals surface area contributed by atoms with Crippen molar-refractivity contribution in [3.63, 3.8) is 0 Å². The maximum atomic E-state index is 13.7. The van der Waals surface area contributed by atoms with Crippen molar-refractivity contribution in [3.8, 4) is 5.75 Å². The minimum Gasteiger partial charge on any atom is -0.497 e. The molecule has 0 aliphatic carbocycles. The first-order chi connectivity index (χ1) is 17.0. The molecule has 1 N–H and O–H groups in total. The van der Waals surface area contributed by atoms with E-state index in [0.29, 0.717) is 34.0 Å². The van der Waals surface area contributed by atoms with Crippen molar-refractivity contribution in [3.05, 3.63) is 94.0 Å². The van der Waals surface area contributed by atoms with Gasteiger partial charge in [-0.2, -0.15) is 22.0 Å². The number of rotatable bonds is 9. The van der Waals surface area contributed by atoms with Gasteiger partial charge in [0.1, 0.15) is 5.75 Å². The Morgan fingerprint density at radius 2 is 1.67 bits per heavy atom. The number of alkyl halides is 5. The molecule has 3 rings (SSSR count). The number of ether oxygens (including phenoxy) is 1. The van der Waals surface area contributed by atoms with Gasteiger partial charge in [-0.1, -0.05) is 48.0 Å². The number of nitrogens with one attached hydrogen (secondary N) is 1. The first kappa shape index (κ1) is 27.3. The molecule has 0 aliphatic heterocycles. The van der Waals surface area contributed by atoms with Gasteiger partial charge in [-0.15, -0.1) is 0 Å². The molecule has 0 radical (unpaired) electrons. The molecule has 0 atom stereocenters. The quantitative estimate of drug-likeness (QED) is 0.307. The van der Waals surface area contributed by atoms with E-state index in [4.69, 9.17) is 16.3 Å². The van der Waals surface area contributed by atoms with E-state index in [9.17, 15) is 26.7 Å². The summed E-state index contributed by atoms with van der Waals surface area (Å²) >= 11 is 6.11. The van der Waals surface area contributed by atoms with Crippen LogP contribution >= 0.6 is 11.6 Å². The molecule has 36 heavy (non-hydrogen) atoms. The minimum atomic E-state index is -5.70. The van der Waals surface area contributed by atoms with E-state index in [1.54, 1.807) is 32.4 Å². The molecular formula is C26H24ClF5N2O2. The Morgan fingerprint density at radius 1 is 0.972 bits per heavy atom. The zero-order valence-electron chi connectivity index (χ0n) is 19.5. The molecule has 4 nitrogen and oxygen atoms in total. The maximum absolute atomic E-state index is 13.7. The van der Waals surface area contributed by atoms with E-state index in [1.807, 2.05) is 18.2 Å². The standard InChI is InChI=1S/C26H24ClF5N2O2/c1-33-23-11-10-20(27)15-22(23)24(35)34(13-12-17-4-3-5-21(14-17)36-2)16-18-6-8-19(9-7-18)25(28,29)26(30,31)32/h3-11,14-15,33H,12-13,16H2,1-2H3. The number of nitrogens with zero attached hydrogens (tertiary/aromatic N) is 1. The number of methoxy groups -OCH3 is 1. The van der Waals surface area contributed by atoms with Crippen molar-refractivity contribution in [2.24, 2.45) is 0 Å². The van der Waals surface area contributed by atoms with Crippen molar-refractivity contribution in [1.82, 2.24) is 4.90 Å². The molecule has 0 heterocycles. The minimum absolute atomic E-state index is 0.0175. The molecule has 0 fully saturated rings. The highest BCUT2D eigenvalue weighted by Crippen LogP contribution is 2.43. The molecule has 0 aliphatic rings. The molecular weight excluding hydrogens is 503 g/mol. The maximum Gasteiger partial charge on any atom is 0.458 e. The van der Waals surface area contributed by atoms with Crippen LogP contribution in [0.15, 0.2) is 66.7 Å². The van der Waals surface area contributed by atoms with E-state index in [1.165, 1.54) is 11.0 Å². The summed E-state index contributed by atoms with van der Waals surface area (Å²) in [7, 11) is 3.19. The summed E-state index contributed by atoms with van der Waals surface area (Å²) in [6, 6.07) is 15.9. The Morgan fingerprint density at radius 3 is 2.28 bits per heavy atom. The van der Waals surface area contributed by atoms with Crippen LogP contribution in [-0.2, 0) is 18.9 Å². The van der Waals surface area contributed by atoms with Gasteiger partial charge in [0.05, 0.1) is 12.7 Å². The second-order valence-electron chi connectivity index (χ2n) is 8.04. The van der Waals surface area contributed by atoms with Gasteiger partial charge in [0.15, 0.2) is 0 Å². The topological polar surface area (TPSA) is 41.6 Å². The van der Waals surface area contributed by atoms with Crippen LogP contribution < -0.4 is 10.1 Å². The summed E-state index contributed by atoms with van der Waals surface area (Å²) in [6.07, 6.45) is -5.26. The lowest BCUT2D eigenvalue weighted by atomic mass is 10.0. The highest BCUT2D eigenvalue weighted by Gasteiger charge is 2.58. The average Bonchev–Trinajstić information content (AvgIpc) is 2.85. The summed E-state index contributed by atoms with van der Waals surface area (Å²) in [4.78, 5) is 15.0. The highest BCUT2D eigenvalue weighted by atomic mass is 35.5. The van der Waals surface area contributed by atoms with Gasteiger partial charge in [0, 0.05) is 36.4 Å². The van der Waals surface area contributed by atoms with Crippen LogP contribution in [0.3, 0.4) is 0 Å². The largest absolute Gasteiger partial charge is 0.497 e. The Kier molecular flexibility index (Phi) is 8.45. The van der Waals surface area contributed by atoms with Gasteiger partial charge in [-0.05, 0) is 47.9 Å². The lowest BCUT2D eigenvalue weighted by molar-refractivity contribution is -0.289. The van der Waals surface area contributed by atoms with Crippen molar-refractivity contribution in [2.45, 2.75) is 25.1 Å². The van der Waals surface area contributed by atoms with Crippen LogP contribution in [0.25, 0.3) is 0 Å². The Hall–Kier alpha value is -3.33. The van der Waals surface area contributed by atoms with Crippen molar-refractivity contribution >= 4 is 23.2 Å². The number of carbonyl (C=O) groups excluding carboxylic acids is 1.